The number of amides is 2. The number of hydrogen-bond acceptors (Lipinski definition) is 3. The largest absolute Gasteiger partial charge is 0.494 e. The van der Waals surface area contributed by atoms with Gasteiger partial charge < -0.3 is 15.0 Å². The van der Waals surface area contributed by atoms with Crippen molar-refractivity contribution in [1.82, 2.24) is 10.2 Å². The van der Waals surface area contributed by atoms with Crippen molar-refractivity contribution in [3.05, 3.63) is 101 Å². The Balaban J connectivity index is 1.80. The zero-order chi connectivity index (χ0) is 26.6. The van der Waals surface area contributed by atoms with E-state index in [9.17, 15) is 9.59 Å². The van der Waals surface area contributed by atoms with Crippen molar-refractivity contribution >= 4 is 11.8 Å². The number of nitrogens with zero attached hydrogens (tertiary/aromatic N) is 1. The lowest BCUT2D eigenvalue weighted by Gasteiger charge is -2.33. The summed E-state index contributed by atoms with van der Waals surface area (Å²) in [7, 11) is 0. The van der Waals surface area contributed by atoms with Crippen LogP contribution >= 0.6 is 0 Å². The summed E-state index contributed by atoms with van der Waals surface area (Å²) in [4.78, 5) is 29.0. The first kappa shape index (κ1) is 28.0. The molecule has 3 aromatic carbocycles. The van der Waals surface area contributed by atoms with Gasteiger partial charge in [-0.25, -0.2) is 0 Å². The molecule has 2 amide bonds. The van der Waals surface area contributed by atoms with Crippen LogP contribution in [-0.4, -0.2) is 35.4 Å². The van der Waals surface area contributed by atoms with Crippen LogP contribution in [0.4, 0.5) is 0 Å². The number of carbonyl (C=O) groups excluding carboxylic acids is 2. The van der Waals surface area contributed by atoms with Gasteiger partial charge in [0.25, 0.3) is 0 Å². The molecule has 0 saturated heterocycles. The molecule has 3 rings (SSSR count). The molecule has 3 aromatic rings. The smallest absolute Gasteiger partial charge is 0.243 e. The Labute approximate surface area is 221 Å². The van der Waals surface area contributed by atoms with Crippen molar-refractivity contribution in [2.24, 2.45) is 0 Å². The monoisotopic (exact) mass is 500 g/mol. The van der Waals surface area contributed by atoms with Gasteiger partial charge in [-0.3, -0.25) is 9.59 Å². The summed E-state index contributed by atoms with van der Waals surface area (Å²) < 4.78 is 5.85. The van der Waals surface area contributed by atoms with Crippen molar-refractivity contribution in [1.29, 1.82) is 0 Å². The van der Waals surface area contributed by atoms with Gasteiger partial charge in [0, 0.05) is 25.4 Å². The van der Waals surface area contributed by atoms with Gasteiger partial charge in [-0.15, -0.1) is 0 Å². The molecule has 0 aliphatic rings. The van der Waals surface area contributed by atoms with Crippen molar-refractivity contribution in [2.75, 3.05) is 6.61 Å². The van der Waals surface area contributed by atoms with E-state index in [-0.39, 0.29) is 17.9 Å². The molecule has 1 N–H and O–H groups in total. The molecule has 0 fully saturated rings. The van der Waals surface area contributed by atoms with Gasteiger partial charge in [0.05, 0.1) is 6.61 Å². The van der Waals surface area contributed by atoms with E-state index in [0.717, 1.165) is 28.9 Å². The maximum atomic E-state index is 13.7. The van der Waals surface area contributed by atoms with Crippen LogP contribution in [0.3, 0.4) is 0 Å². The van der Waals surface area contributed by atoms with Gasteiger partial charge in [-0.1, -0.05) is 79.2 Å². The van der Waals surface area contributed by atoms with Gasteiger partial charge in [0.15, 0.2) is 0 Å². The van der Waals surface area contributed by atoms with Gasteiger partial charge in [-0.2, -0.15) is 0 Å². The molecule has 0 aliphatic heterocycles. The van der Waals surface area contributed by atoms with Crippen LogP contribution in [0, 0.1) is 13.8 Å². The molecular weight excluding hydrogens is 460 g/mol. The zero-order valence-electron chi connectivity index (χ0n) is 22.6. The second-order valence-electron chi connectivity index (χ2n) is 9.74. The third kappa shape index (κ3) is 8.78. The highest BCUT2D eigenvalue weighted by Crippen LogP contribution is 2.19. The first-order valence-corrected chi connectivity index (χ1v) is 13.2. The Morgan fingerprint density at radius 1 is 0.919 bits per heavy atom. The maximum absolute atomic E-state index is 13.7. The van der Waals surface area contributed by atoms with Crippen LogP contribution in [0.2, 0.25) is 0 Å². The van der Waals surface area contributed by atoms with Crippen molar-refractivity contribution in [3.8, 4) is 5.75 Å². The molecule has 0 aliphatic carbocycles. The van der Waals surface area contributed by atoms with Crippen molar-refractivity contribution in [2.45, 2.75) is 72.0 Å². The minimum Gasteiger partial charge on any atom is -0.494 e. The summed E-state index contributed by atoms with van der Waals surface area (Å²) in [5.74, 6) is 0.636. The summed E-state index contributed by atoms with van der Waals surface area (Å²) in [6, 6.07) is 25.3. The average Bonchev–Trinajstić information content (AvgIpc) is 2.91. The third-order valence-electron chi connectivity index (χ3n) is 6.70. The van der Waals surface area contributed by atoms with E-state index < -0.39 is 6.04 Å². The van der Waals surface area contributed by atoms with Crippen molar-refractivity contribution < 1.29 is 14.3 Å². The molecule has 5 nitrogen and oxygen atoms in total. The molecular formula is C32H40N2O3. The molecule has 196 valence electrons. The summed E-state index contributed by atoms with van der Waals surface area (Å²) >= 11 is 0. The fourth-order valence-corrected chi connectivity index (χ4v) is 4.16. The third-order valence-corrected chi connectivity index (χ3v) is 6.70. The van der Waals surface area contributed by atoms with E-state index in [0.29, 0.717) is 32.4 Å². The lowest BCUT2D eigenvalue weighted by molar-refractivity contribution is -0.141. The minimum absolute atomic E-state index is 0.0316. The molecule has 0 radical (unpaired) electrons. The summed E-state index contributed by atoms with van der Waals surface area (Å²) in [6.45, 7) is 8.94. The molecule has 5 heteroatoms. The predicted molar refractivity (Wildman–Crippen MR) is 149 cm³/mol. The number of ether oxygens (including phenoxy) is 1. The van der Waals surface area contributed by atoms with E-state index in [4.69, 9.17) is 4.74 Å². The predicted octanol–water partition coefficient (Wildman–Crippen LogP) is 6.02. The summed E-state index contributed by atoms with van der Waals surface area (Å²) in [5.41, 5.74) is 4.34. The number of nitrogens with one attached hydrogen (secondary N) is 1. The Hall–Kier alpha value is -3.60. The van der Waals surface area contributed by atoms with Gasteiger partial charge in [0.2, 0.25) is 11.8 Å². The standard InChI is InChI=1S/C32H40N2O3/c1-5-26(4)33-32(36)30(22-27-13-7-6-8-14-27)34(23-28-15-10-9-12-25(28)3)31(35)16-11-21-37-29-19-17-24(2)18-20-29/h6-10,12-15,17-20,26,30H,5,11,16,21-23H2,1-4H3,(H,33,36)/t26-,30-/m0/s1. The number of aryl methyl sites for hydroxylation is 2. The van der Waals surface area contributed by atoms with Gasteiger partial charge in [-0.05, 0) is 62.4 Å². The Morgan fingerprint density at radius 3 is 2.27 bits per heavy atom. The molecule has 0 heterocycles. The molecule has 0 aromatic heterocycles. The second kappa shape index (κ2) is 14.2. The highest BCUT2D eigenvalue weighted by atomic mass is 16.5. The lowest BCUT2D eigenvalue weighted by Crippen LogP contribution is -2.52. The van der Waals surface area contributed by atoms with Crippen molar-refractivity contribution in [3.63, 3.8) is 0 Å². The topological polar surface area (TPSA) is 58.6 Å². The first-order valence-electron chi connectivity index (χ1n) is 13.2. The quantitative estimate of drug-likeness (QED) is 0.292. The van der Waals surface area contributed by atoms with E-state index >= 15 is 0 Å². The van der Waals surface area contributed by atoms with Gasteiger partial charge >= 0.3 is 0 Å². The second-order valence-corrected chi connectivity index (χ2v) is 9.74. The van der Waals surface area contributed by atoms with Crippen LogP contribution in [0.5, 0.6) is 5.75 Å². The lowest BCUT2D eigenvalue weighted by atomic mass is 10.0. The molecule has 37 heavy (non-hydrogen) atoms. The van der Waals surface area contributed by atoms with Crippen LogP contribution in [0.1, 0.15) is 55.4 Å². The molecule has 0 saturated carbocycles. The van der Waals surface area contributed by atoms with Crippen LogP contribution in [0.15, 0.2) is 78.9 Å². The Bertz CT molecular complexity index is 1130. The molecule has 0 unspecified atom stereocenters. The molecule has 0 bridgehead atoms. The fourth-order valence-electron chi connectivity index (χ4n) is 4.16. The Morgan fingerprint density at radius 2 is 1.59 bits per heavy atom. The van der Waals surface area contributed by atoms with E-state index in [1.165, 1.54) is 5.56 Å². The maximum Gasteiger partial charge on any atom is 0.243 e. The van der Waals surface area contributed by atoms with Crippen LogP contribution in [0.25, 0.3) is 0 Å². The first-order chi connectivity index (χ1) is 17.9. The molecule has 2 atom stereocenters. The summed E-state index contributed by atoms with van der Waals surface area (Å²) in [5, 5.41) is 3.12. The van der Waals surface area contributed by atoms with Crippen LogP contribution in [-0.2, 0) is 22.6 Å². The average molecular weight is 501 g/mol. The minimum atomic E-state index is -0.610. The zero-order valence-corrected chi connectivity index (χ0v) is 22.6. The van der Waals surface area contributed by atoms with E-state index in [1.54, 1.807) is 4.90 Å². The molecule has 0 spiro atoms. The number of benzene rings is 3. The SMILES string of the molecule is CC[C@H](C)NC(=O)[C@H](Cc1ccccc1)N(Cc1ccccc1C)C(=O)CCCOc1ccc(C)cc1. The van der Waals surface area contributed by atoms with E-state index in [1.807, 2.05) is 107 Å². The van der Waals surface area contributed by atoms with E-state index in [2.05, 4.69) is 5.32 Å². The normalized spacial score (nSPS) is 12.4. The number of carbonyl (C=O) groups is 2. The highest BCUT2D eigenvalue weighted by Gasteiger charge is 2.31. The fraction of sp³-hybridized carbons (Fsp3) is 0.375. The summed E-state index contributed by atoms with van der Waals surface area (Å²) in [6.07, 6.45) is 2.16. The van der Waals surface area contributed by atoms with Crippen LogP contribution < -0.4 is 10.1 Å². The Kier molecular flexibility index (Phi) is 10.8. The highest BCUT2D eigenvalue weighted by molar-refractivity contribution is 5.88. The number of hydrogen-bond donors (Lipinski definition) is 1. The van der Waals surface area contributed by atoms with Gasteiger partial charge in [0.1, 0.15) is 11.8 Å². The number of rotatable bonds is 13.